The van der Waals surface area contributed by atoms with Crippen molar-refractivity contribution in [1.82, 2.24) is 4.98 Å². The molecule has 1 amide bonds. The summed E-state index contributed by atoms with van der Waals surface area (Å²) in [7, 11) is 0. The number of hydrogen-bond acceptors (Lipinski definition) is 6. The Morgan fingerprint density at radius 2 is 2.00 bits per heavy atom. The summed E-state index contributed by atoms with van der Waals surface area (Å²) in [5.41, 5.74) is 3.77. The zero-order chi connectivity index (χ0) is 20.8. The molecule has 6 nitrogen and oxygen atoms in total. The van der Waals surface area contributed by atoms with Gasteiger partial charge < -0.3 is 10.1 Å². The van der Waals surface area contributed by atoms with E-state index in [0.717, 1.165) is 16.1 Å². The molecule has 0 fully saturated rings. The van der Waals surface area contributed by atoms with Gasteiger partial charge in [0.25, 0.3) is 5.91 Å². The van der Waals surface area contributed by atoms with Gasteiger partial charge >= 0.3 is 5.97 Å². The largest absolute Gasteiger partial charge is 0.452 e. The van der Waals surface area contributed by atoms with Gasteiger partial charge in [-0.2, -0.15) is 5.26 Å². The van der Waals surface area contributed by atoms with E-state index in [2.05, 4.69) is 10.3 Å². The minimum atomic E-state index is -0.951. The molecular weight excluding hydrogens is 386 g/mol. The monoisotopic (exact) mass is 405 g/mol. The van der Waals surface area contributed by atoms with Crippen LogP contribution in [0.25, 0.3) is 10.6 Å². The van der Waals surface area contributed by atoms with Crippen LogP contribution in [-0.4, -0.2) is 23.0 Å². The summed E-state index contributed by atoms with van der Waals surface area (Å²) in [6.07, 6.45) is -0.954. The predicted octanol–water partition coefficient (Wildman–Crippen LogP) is 4.10. The van der Waals surface area contributed by atoms with Gasteiger partial charge in [0.15, 0.2) is 6.10 Å². The minimum absolute atomic E-state index is 0.00317. The Morgan fingerprint density at radius 1 is 1.24 bits per heavy atom. The maximum absolute atomic E-state index is 12.2. The first kappa shape index (κ1) is 20.2. The highest BCUT2D eigenvalue weighted by atomic mass is 32.1. The van der Waals surface area contributed by atoms with Crippen molar-refractivity contribution in [2.45, 2.75) is 26.4 Å². The number of thiazole rings is 1. The molecule has 2 aromatic carbocycles. The Balaban J connectivity index is 1.54. The van der Waals surface area contributed by atoms with Crippen LogP contribution in [0.2, 0.25) is 0 Å². The highest BCUT2D eigenvalue weighted by molar-refractivity contribution is 7.13. The molecule has 0 aliphatic rings. The van der Waals surface area contributed by atoms with E-state index in [1.54, 1.807) is 24.3 Å². The van der Waals surface area contributed by atoms with Crippen LogP contribution in [-0.2, 0) is 20.7 Å². The van der Waals surface area contributed by atoms with Crippen LogP contribution < -0.4 is 5.32 Å². The van der Waals surface area contributed by atoms with E-state index >= 15 is 0 Å². The Labute approximate surface area is 172 Å². The van der Waals surface area contributed by atoms with E-state index in [1.165, 1.54) is 18.3 Å². The highest BCUT2D eigenvalue weighted by Crippen LogP contribution is 2.24. The molecule has 0 radical (unpaired) electrons. The number of benzene rings is 2. The third-order valence-corrected chi connectivity index (χ3v) is 5.04. The van der Waals surface area contributed by atoms with Crippen molar-refractivity contribution in [2.24, 2.45) is 0 Å². The van der Waals surface area contributed by atoms with E-state index in [1.807, 2.05) is 42.6 Å². The lowest BCUT2D eigenvalue weighted by Crippen LogP contribution is -2.30. The second-order valence-corrected chi connectivity index (χ2v) is 7.36. The number of aromatic nitrogens is 1. The Bertz CT molecular complexity index is 1070. The number of esters is 1. The SMILES string of the molecule is Cc1cccc(-c2nc(CC(=O)O[C@H](C)C(=O)Nc3ccc(C#N)cc3)cs2)c1. The van der Waals surface area contributed by atoms with E-state index in [9.17, 15) is 9.59 Å². The molecule has 1 N–H and O–H groups in total. The third kappa shape index (κ3) is 5.50. The fourth-order valence-corrected chi connectivity index (χ4v) is 3.43. The van der Waals surface area contributed by atoms with E-state index in [-0.39, 0.29) is 6.42 Å². The molecular formula is C22H19N3O3S. The van der Waals surface area contributed by atoms with Crippen LogP contribution in [0.3, 0.4) is 0 Å². The van der Waals surface area contributed by atoms with Crippen LogP contribution in [0.1, 0.15) is 23.7 Å². The maximum Gasteiger partial charge on any atom is 0.312 e. The molecule has 1 aromatic heterocycles. The number of ether oxygens (including phenoxy) is 1. The zero-order valence-corrected chi connectivity index (χ0v) is 16.8. The molecule has 0 bridgehead atoms. The molecule has 0 spiro atoms. The number of nitrogens with zero attached hydrogens (tertiary/aromatic N) is 2. The fourth-order valence-electron chi connectivity index (χ4n) is 2.61. The van der Waals surface area contributed by atoms with Crippen LogP contribution in [0, 0.1) is 18.3 Å². The summed E-state index contributed by atoms with van der Waals surface area (Å²) < 4.78 is 5.23. The molecule has 1 heterocycles. The molecule has 3 rings (SSSR count). The molecule has 0 aliphatic carbocycles. The second kappa shape index (κ2) is 9.13. The highest BCUT2D eigenvalue weighted by Gasteiger charge is 2.19. The average molecular weight is 405 g/mol. The Morgan fingerprint density at radius 3 is 2.69 bits per heavy atom. The third-order valence-electron chi connectivity index (χ3n) is 4.10. The predicted molar refractivity (Wildman–Crippen MR) is 111 cm³/mol. The standard InChI is InChI=1S/C22H19N3O3S/c1-14-4-3-5-17(10-14)22-25-19(13-29-22)11-20(26)28-15(2)21(27)24-18-8-6-16(12-23)7-9-18/h3-10,13,15H,11H2,1-2H3,(H,24,27)/t15-/m1/s1. The number of hydrogen-bond donors (Lipinski definition) is 1. The molecule has 29 heavy (non-hydrogen) atoms. The van der Waals surface area contributed by atoms with Crippen LogP contribution in [0.4, 0.5) is 5.69 Å². The van der Waals surface area contributed by atoms with Gasteiger partial charge in [0, 0.05) is 16.6 Å². The molecule has 1 atom stereocenters. The normalized spacial score (nSPS) is 11.3. The first-order chi connectivity index (χ1) is 13.9. The molecule has 7 heteroatoms. The summed E-state index contributed by atoms with van der Waals surface area (Å²) in [6, 6.07) is 16.4. The van der Waals surface area contributed by atoms with Crippen molar-refractivity contribution in [3.05, 3.63) is 70.7 Å². The lowest BCUT2D eigenvalue weighted by molar-refractivity contribution is -0.152. The number of nitriles is 1. The first-order valence-electron chi connectivity index (χ1n) is 8.96. The molecule has 0 unspecified atom stereocenters. The number of rotatable bonds is 6. The zero-order valence-electron chi connectivity index (χ0n) is 16.0. The Kier molecular flexibility index (Phi) is 6.37. The van der Waals surface area contributed by atoms with Crippen molar-refractivity contribution >= 4 is 28.9 Å². The van der Waals surface area contributed by atoms with Gasteiger partial charge in [0.1, 0.15) is 5.01 Å². The number of carbonyl (C=O) groups excluding carboxylic acids is 2. The van der Waals surface area contributed by atoms with Crippen molar-refractivity contribution in [1.29, 1.82) is 5.26 Å². The van der Waals surface area contributed by atoms with Gasteiger partial charge in [-0.25, -0.2) is 4.98 Å². The van der Waals surface area contributed by atoms with E-state index < -0.39 is 18.0 Å². The Hall–Kier alpha value is -3.50. The van der Waals surface area contributed by atoms with Gasteiger partial charge in [0.2, 0.25) is 0 Å². The summed E-state index contributed by atoms with van der Waals surface area (Å²) in [6.45, 7) is 3.52. The molecule has 0 saturated carbocycles. The van der Waals surface area contributed by atoms with Crippen LogP contribution in [0.15, 0.2) is 53.9 Å². The van der Waals surface area contributed by atoms with Gasteiger partial charge in [-0.3, -0.25) is 9.59 Å². The number of anilines is 1. The summed E-state index contributed by atoms with van der Waals surface area (Å²) in [5, 5.41) is 14.1. The van der Waals surface area contributed by atoms with Gasteiger partial charge in [0.05, 0.1) is 23.7 Å². The summed E-state index contributed by atoms with van der Waals surface area (Å²) >= 11 is 1.46. The summed E-state index contributed by atoms with van der Waals surface area (Å²) in [4.78, 5) is 28.9. The molecule has 146 valence electrons. The number of carbonyl (C=O) groups is 2. The molecule has 3 aromatic rings. The van der Waals surface area contributed by atoms with E-state index in [0.29, 0.717) is 16.9 Å². The molecule has 0 aliphatic heterocycles. The topological polar surface area (TPSA) is 92.1 Å². The molecule has 0 saturated heterocycles. The van der Waals surface area contributed by atoms with Gasteiger partial charge in [-0.1, -0.05) is 23.8 Å². The quantitative estimate of drug-likeness (QED) is 0.623. The van der Waals surface area contributed by atoms with Crippen LogP contribution >= 0.6 is 11.3 Å². The van der Waals surface area contributed by atoms with Crippen LogP contribution in [0.5, 0.6) is 0 Å². The van der Waals surface area contributed by atoms with Gasteiger partial charge in [-0.15, -0.1) is 11.3 Å². The smallest absolute Gasteiger partial charge is 0.312 e. The number of aryl methyl sites for hydroxylation is 1. The van der Waals surface area contributed by atoms with Gasteiger partial charge in [-0.05, 0) is 44.2 Å². The van der Waals surface area contributed by atoms with Crippen molar-refractivity contribution in [3.63, 3.8) is 0 Å². The fraction of sp³-hybridized carbons (Fsp3) is 0.182. The minimum Gasteiger partial charge on any atom is -0.452 e. The first-order valence-corrected chi connectivity index (χ1v) is 9.84. The van der Waals surface area contributed by atoms with Crippen molar-refractivity contribution in [2.75, 3.05) is 5.32 Å². The average Bonchev–Trinajstić information content (AvgIpc) is 3.16. The van der Waals surface area contributed by atoms with Crippen molar-refractivity contribution in [3.8, 4) is 16.6 Å². The summed E-state index contributed by atoms with van der Waals surface area (Å²) in [5.74, 6) is -0.963. The number of amides is 1. The maximum atomic E-state index is 12.2. The lowest BCUT2D eigenvalue weighted by Gasteiger charge is -2.13. The second-order valence-electron chi connectivity index (χ2n) is 6.50. The lowest BCUT2D eigenvalue weighted by atomic mass is 10.1. The van der Waals surface area contributed by atoms with Crippen molar-refractivity contribution < 1.29 is 14.3 Å². The van der Waals surface area contributed by atoms with E-state index in [4.69, 9.17) is 10.00 Å². The number of nitrogens with one attached hydrogen (secondary N) is 1.